The monoisotopic (exact) mass is 490 g/mol. The molecular weight excluding hydrogens is 436 g/mol. The molecule has 4 aliphatic rings. The first-order chi connectivity index (χ1) is 16.6. The Morgan fingerprint density at radius 3 is 2.51 bits per heavy atom. The summed E-state index contributed by atoms with van der Waals surface area (Å²) in [6.07, 6.45) is 11.2. The number of hydrogen-bond donors (Lipinski definition) is 3. The minimum absolute atomic E-state index is 0.00206. The van der Waals surface area contributed by atoms with Crippen molar-refractivity contribution in [1.29, 1.82) is 0 Å². The lowest BCUT2D eigenvalue weighted by Gasteiger charge is -2.62. The van der Waals surface area contributed by atoms with E-state index < -0.39 is 0 Å². The minimum Gasteiger partial charge on any atom is -0.469 e. The van der Waals surface area contributed by atoms with Crippen molar-refractivity contribution in [3.05, 3.63) is 0 Å². The molecule has 10 atom stereocenters. The summed E-state index contributed by atoms with van der Waals surface area (Å²) in [6, 6.07) is 1.21. The Balaban J connectivity index is 1.40. The van der Waals surface area contributed by atoms with Crippen LogP contribution in [0.2, 0.25) is 0 Å². The van der Waals surface area contributed by atoms with Gasteiger partial charge in [-0.2, -0.15) is 0 Å². The lowest BCUT2D eigenvalue weighted by atomic mass is 9.43. The van der Waals surface area contributed by atoms with Crippen molar-refractivity contribution in [2.45, 2.75) is 117 Å². The first-order valence-corrected chi connectivity index (χ1v) is 14.8. The lowest BCUT2D eigenvalue weighted by molar-refractivity contribution is -0.170. The molecule has 4 aliphatic carbocycles. The van der Waals surface area contributed by atoms with Crippen molar-refractivity contribution >= 4 is 5.97 Å². The number of carbonyl (C=O) groups excluding carboxylic acids is 1. The molecule has 0 aromatic rings. The first-order valence-electron chi connectivity index (χ1n) is 14.8. The van der Waals surface area contributed by atoms with Gasteiger partial charge in [0.2, 0.25) is 0 Å². The number of rotatable bonds is 9. The van der Waals surface area contributed by atoms with E-state index in [1.165, 1.54) is 52.1 Å². The maximum absolute atomic E-state index is 11.8. The molecule has 0 heterocycles. The number of aliphatic hydroxyl groups excluding tert-OH is 1. The highest BCUT2D eigenvalue weighted by Gasteiger charge is 2.63. The molecule has 35 heavy (non-hydrogen) atoms. The summed E-state index contributed by atoms with van der Waals surface area (Å²) in [5.41, 5.74) is 0.385. The van der Waals surface area contributed by atoms with Gasteiger partial charge in [-0.25, -0.2) is 0 Å². The smallest absolute Gasteiger partial charge is 0.305 e. The molecule has 5 nitrogen and oxygen atoms in total. The number of nitrogens with one attached hydrogen (secondary N) is 2. The van der Waals surface area contributed by atoms with Crippen LogP contribution in [0.25, 0.3) is 0 Å². The number of ether oxygens (including phenoxy) is 1. The standard InChI is InChI=1S/C30H54N2O3/c1-19(2)31-15-16-32-22-13-14-29(4)21(17-22)8-9-23-25-11-10-24(20(3)7-12-28(34)35-6)30(25,5)27(33)18-26(23)29/h19-27,31-33H,7-18H2,1-6H3. The summed E-state index contributed by atoms with van der Waals surface area (Å²) < 4.78 is 4.90. The Labute approximate surface area is 214 Å². The van der Waals surface area contributed by atoms with Crippen molar-refractivity contribution in [1.82, 2.24) is 10.6 Å². The molecule has 0 spiro atoms. The molecule has 4 saturated carbocycles. The summed E-state index contributed by atoms with van der Waals surface area (Å²) in [4.78, 5) is 11.8. The highest BCUT2D eigenvalue weighted by molar-refractivity contribution is 5.69. The molecule has 10 unspecified atom stereocenters. The van der Waals surface area contributed by atoms with Crippen LogP contribution in [0.1, 0.15) is 98.8 Å². The van der Waals surface area contributed by atoms with E-state index in [4.69, 9.17) is 4.74 Å². The van der Waals surface area contributed by atoms with E-state index in [0.29, 0.717) is 47.6 Å². The molecule has 4 rings (SSSR count). The quantitative estimate of drug-likeness (QED) is 0.308. The summed E-state index contributed by atoms with van der Waals surface area (Å²) in [7, 11) is 1.48. The lowest BCUT2D eigenvalue weighted by Crippen LogP contribution is -2.59. The minimum atomic E-state index is -0.213. The highest BCUT2D eigenvalue weighted by Crippen LogP contribution is 2.68. The van der Waals surface area contributed by atoms with Gasteiger partial charge in [-0.05, 0) is 104 Å². The normalized spacial score (nSPS) is 43.8. The molecule has 0 amide bonds. The van der Waals surface area contributed by atoms with Gasteiger partial charge in [-0.15, -0.1) is 0 Å². The summed E-state index contributed by atoms with van der Waals surface area (Å²) in [6.45, 7) is 13.8. The molecule has 0 aromatic heterocycles. The Kier molecular flexibility index (Phi) is 8.60. The SMILES string of the molecule is COC(=O)CCC(C)C1CCC2C3CCC4CC(NCCNC(C)C)CCC4(C)C3CC(O)C12C. The van der Waals surface area contributed by atoms with Gasteiger partial charge in [-0.3, -0.25) is 4.79 Å². The van der Waals surface area contributed by atoms with Gasteiger partial charge in [0.05, 0.1) is 13.2 Å². The van der Waals surface area contributed by atoms with Crippen LogP contribution in [0, 0.1) is 46.3 Å². The van der Waals surface area contributed by atoms with Crippen molar-refractivity contribution in [3.8, 4) is 0 Å². The number of esters is 1. The van der Waals surface area contributed by atoms with Gasteiger partial charge in [0, 0.05) is 31.6 Å². The third-order valence-corrected chi connectivity index (χ3v) is 11.7. The fourth-order valence-electron chi connectivity index (χ4n) is 9.65. The zero-order chi connectivity index (χ0) is 25.4. The number of fused-ring (bicyclic) bond motifs is 5. The van der Waals surface area contributed by atoms with Gasteiger partial charge in [0.1, 0.15) is 0 Å². The van der Waals surface area contributed by atoms with Gasteiger partial charge < -0.3 is 20.5 Å². The second kappa shape index (κ2) is 11.0. The molecule has 0 aliphatic heterocycles. The van der Waals surface area contributed by atoms with Crippen LogP contribution in [0.15, 0.2) is 0 Å². The van der Waals surface area contributed by atoms with Crippen molar-refractivity contribution in [2.24, 2.45) is 46.3 Å². The van der Waals surface area contributed by atoms with Crippen molar-refractivity contribution < 1.29 is 14.6 Å². The molecule has 0 saturated heterocycles. The predicted octanol–water partition coefficient (Wildman–Crippen LogP) is 5.16. The topological polar surface area (TPSA) is 70.6 Å². The van der Waals surface area contributed by atoms with E-state index in [1.807, 2.05) is 0 Å². The third kappa shape index (κ3) is 5.21. The average molecular weight is 491 g/mol. The molecular formula is C30H54N2O3. The predicted molar refractivity (Wildman–Crippen MR) is 142 cm³/mol. The van der Waals surface area contributed by atoms with Crippen LogP contribution in [-0.4, -0.2) is 49.5 Å². The van der Waals surface area contributed by atoms with Crippen LogP contribution >= 0.6 is 0 Å². The maximum Gasteiger partial charge on any atom is 0.305 e. The molecule has 0 aromatic carbocycles. The molecule has 5 heteroatoms. The number of carbonyl (C=O) groups is 1. The highest BCUT2D eigenvalue weighted by atomic mass is 16.5. The first kappa shape index (κ1) is 27.4. The maximum atomic E-state index is 11.8. The third-order valence-electron chi connectivity index (χ3n) is 11.7. The van der Waals surface area contributed by atoms with Crippen molar-refractivity contribution in [2.75, 3.05) is 20.2 Å². The van der Waals surface area contributed by atoms with E-state index in [2.05, 4.69) is 45.3 Å². The van der Waals surface area contributed by atoms with Crippen LogP contribution in [0.4, 0.5) is 0 Å². The van der Waals surface area contributed by atoms with Crippen LogP contribution in [0.3, 0.4) is 0 Å². The van der Waals surface area contributed by atoms with Gasteiger partial charge in [-0.1, -0.05) is 34.6 Å². The second-order valence-corrected chi connectivity index (χ2v) is 13.6. The van der Waals surface area contributed by atoms with Crippen molar-refractivity contribution in [3.63, 3.8) is 0 Å². The molecule has 0 bridgehead atoms. The fourth-order valence-corrected chi connectivity index (χ4v) is 9.65. The summed E-state index contributed by atoms with van der Waals surface area (Å²) in [5, 5.41) is 19.1. The Morgan fingerprint density at radius 2 is 1.80 bits per heavy atom. The Morgan fingerprint density at radius 1 is 1.03 bits per heavy atom. The fraction of sp³-hybridized carbons (Fsp3) is 0.967. The Bertz CT molecular complexity index is 728. The zero-order valence-electron chi connectivity index (χ0n) is 23.4. The van der Waals surface area contributed by atoms with Crippen LogP contribution in [-0.2, 0) is 9.53 Å². The van der Waals surface area contributed by atoms with E-state index in [-0.39, 0.29) is 17.5 Å². The van der Waals surface area contributed by atoms with E-state index >= 15 is 0 Å². The van der Waals surface area contributed by atoms with Crippen LogP contribution < -0.4 is 10.6 Å². The van der Waals surface area contributed by atoms with Gasteiger partial charge >= 0.3 is 5.97 Å². The largest absolute Gasteiger partial charge is 0.469 e. The van der Waals surface area contributed by atoms with Gasteiger partial charge in [0.25, 0.3) is 0 Å². The second-order valence-electron chi connectivity index (χ2n) is 13.6. The van der Waals surface area contributed by atoms with Gasteiger partial charge in [0.15, 0.2) is 0 Å². The summed E-state index contributed by atoms with van der Waals surface area (Å²) in [5.74, 6) is 3.72. The van der Waals surface area contributed by atoms with E-state index in [9.17, 15) is 9.90 Å². The molecule has 4 fully saturated rings. The molecule has 3 N–H and O–H groups in total. The molecule has 0 radical (unpaired) electrons. The number of hydrogen-bond acceptors (Lipinski definition) is 5. The Hall–Kier alpha value is -0.650. The summed E-state index contributed by atoms with van der Waals surface area (Å²) >= 11 is 0. The van der Waals surface area contributed by atoms with E-state index in [1.54, 1.807) is 0 Å². The van der Waals surface area contributed by atoms with E-state index in [0.717, 1.165) is 37.8 Å². The average Bonchev–Trinajstić information content (AvgIpc) is 3.19. The number of methoxy groups -OCH3 is 1. The number of aliphatic hydroxyl groups is 1. The zero-order valence-corrected chi connectivity index (χ0v) is 23.4. The van der Waals surface area contributed by atoms with Crippen LogP contribution in [0.5, 0.6) is 0 Å². The molecule has 202 valence electrons.